The first-order valence-corrected chi connectivity index (χ1v) is 13.5. The van der Waals surface area contributed by atoms with Crippen LogP contribution in [0.15, 0.2) is 109 Å². The highest BCUT2D eigenvalue weighted by atomic mass is 16.4. The largest absolute Gasteiger partial charge is 0.479 e. The molecule has 0 heterocycles. The van der Waals surface area contributed by atoms with Crippen LogP contribution in [0.25, 0.3) is 0 Å². The van der Waals surface area contributed by atoms with Gasteiger partial charge < -0.3 is 21.7 Å². The van der Waals surface area contributed by atoms with Crippen LogP contribution < -0.4 is 11.5 Å². The van der Waals surface area contributed by atoms with Crippen molar-refractivity contribution >= 4 is 41.6 Å². The van der Waals surface area contributed by atoms with Crippen molar-refractivity contribution in [2.45, 2.75) is 12.1 Å². The second-order valence-electron chi connectivity index (χ2n) is 9.81. The Bertz CT molecular complexity index is 1680. The molecule has 2 unspecified atom stereocenters. The number of hydrogen-bond acceptors (Lipinski definition) is 7. The van der Waals surface area contributed by atoms with Gasteiger partial charge in [0.25, 0.3) is 11.8 Å². The van der Waals surface area contributed by atoms with E-state index in [0.29, 0.717) is 9.80 Å². The summed E-state index contributed by atoms with van der Waals surface area (Å²) >= 11 is 0. The number of carbonyl (C=O) groups is 7. The Morgan fingerprint density at radius 2 is 0.739 bits per heavy atom. The lowest BCUT2D eigenvalue weighted by atomic mass is 9.99. The van der Waals surface area contributed by atoms with Crippen molar-refractivity contribution < 1.29 is 43.8 Å². The number of nitrogens with two attached hydrogens (primary N) is 2. The number of carbonyl (C=O) groups excluding carboxylic acids is 5. The fraction of sp³-hybridized carbons (Fsp3) is 0.0606. The molecule has 13 nitrogen and oxygen atoms in total. The third-order valence-electron chi connectivity index (χ3n) is 6.92. The molecule has 6 amide bonds. The zero-order chi connectivity index (χ0) is 33.5. The van der Waals surface area contributed by atoms with Gasteiger partial charge in [-0.25, -0.2) is 29.0 Å². The summed E-state index contributed by atoms with van der Waals surface area (Å²) in [5, 5.41) is 19.6. The molecule has 0 aliphatic carbocycles. The number of amides is 6. The lowest BCUT2D eigenvalue weighted by Crippen LogP contribution is -2.46. The number of aliphatic carboxylic acids is 2. The zero-order valence-corrected chi connectivity index (χ0v) is 23.8. The standard InChI is InChI=1S/C33H26N4O9/c34-32(45)36(25(30(41)42)19-7-3-1-4-8-19)28(39)23-15-11-21(12-16-23)27(38)22-13-17-24(18-14-22)29(40)37(33(35)46)26(31(43)44)20-9-5-2-6-10-20/h1-18,25-26H,(H2,34,45)(H2,35,46)(H,41,42)(H,43,44). The average Bonchev–Trinajstić information content (AvgIpc) is 3.05. The molecule has 6 N–H and O–H groups in total. The highest BCUT2D eigenvalue weighted by molar-refractivity contribution is 6.11. The van der Waals surface area contributed by atoms with E-state index in [0.717, 1.165) is 0 Å². The Morgan fingerprint density at radius 3 is 1.00 bits per heavy atom. The zero-order valence-electron chi connectivity index (χ0n) is 23.8. The van der Waals surface area contributed by atoms with Crippen molar-refractivity contribution in [1.82, 2.24) is 9.80 Å². The molecule has 2 atom stereocenters. The van der Waals surface area contributed by atoms with E-state index in [-0.39, 0.29) is 33.4 Å². The van der Waals surface area contributed by atoms with Gasteiger partial charge in [0.1, 0.15) is 0 Å². The second kappa shape index (κ2) is 13.8. The SMILES string of the molecule is NC(=O)N(C(=O)c1ccc(C(=O)c2ccc(C(=O)N(C(N)=O)C(C(=O)O)c3ccccc3)cc2)cc1)C(C(=O)O)c1ccccc1. The number of rotatable bonds is 10. The highest BCUT2D eigenvalue weighted by Gasteiger charge is 2.37. The van der Waals surface area contributed by atoms with Gasteiger partial charge in [-0.05, 0) is 35.4 Å². The Morgan fingerprint density at radius 1 is 0.457 bits per heavy atom. The summed E-state index contributed by atoms with van der Waals surface area (Å²) in [6, 6.07) is 19.3. The molecule has 0 aliphatic heterocycles. The number of carboxylic acids is 2. The molecule has 4 rings (SSSR count). The topological polar surface area (TPSA) is 218 Å². The fourth-order valence-electron chi connectivity index (χ4n) is 4.74. The van der Waals surface area contributed by atoms with E-state index in [9.17, 15) is 43.8 Å². The van der Waals surface area contributed by atoms with Crippen molar-refractivity contribution in [3.8, 4) is 0 Å². The lowest BCUT2D eigenvalue weighted by molar-refractivity contribution is -0.142. The van der Waals surface area contributed by atoms with Crippen LogP contribution in [0.2, 0.25) is 0 Å². The molecule has 13 heteroatoms. The maximum atomic E-state index is 13.2. The smallest absolute Gasteiger partial charge is 0.331 e. The number of urea groups is 2. The van der Waals surface area contributed by atoms with Crippen LogP contribution in [0.4, 0.5) is 9.59 Å². The summed E-state index contributed by atoms with van der Waals surface area (Å²) in [7, 11) is 0. The predicted octanol–water partition coefficient (Wildman–Crippen LogP) is 3.61. The normalized spacial score (nSPS) is 11.8. The monoisotopic (exact) mass is 622 g/mol. The Labute approximate surface area is 261 Å². The Kier molecular flexibility index (Phi) is 9.67. The van der Waals surface area contributed by atoms with Crippen molar-refractivity contribution in [1.29, 1.82) is 0 Å². The van der Waals surface area contributed by atoms with E-state index >= 15 is 0 Å². The minimum atomic E-state index is -1.70. The first-order valence-electron chi connectivity index (χ1n) is 13.5. The highest BCUT2D eigenvalue weighted by Crippen LogP contribution is 2.25. The van der Waals surface area contributed by atoms with E-state index < -0.39 is 53.7 Å². The van der Waals surface area contributed by atoms with Crippen molar-refractivity contribution in [3.05, 3.63) is 143 Å². The number of carboxylic acid groups (broad SMARTS) is 2. The molecular formula is C33H26N4O9. The molecule has 0 spiro atoms. The molecule has 0 fully saturated rings. The van der Waals surface area contributed by atoms with Gasteiger partial charge in [-0.1, -0.05) is 84.9 Å². The molecule has 46 heavy (non-hydrogen) atoms. The van der Waals surface area contributed by atoms with Gasteiger partial charge in [-0.2, -0.15) is 0 Å². The number of benzene rings is 4. The van der Waals surface area contributed by atoms with Gasteiger partial charge in [0.05, 0.1) is 0 Å². The van der Waals surface area contributed by atoms with Crippen LogP contribution in [-0.2, 0) is 9.59 Å². The minimum Gasteiger partial charge on any atom is -0.479 e. The van der Waals surface area contributed by atoms with Crippen LogP contribution >= 0.6 is 0 Å². The van der Waals surface area contributed by atoms with Gasteiger partial charge in [-0.15, -0.1) is 0 Å². The molecule has 0 saturated heterocycles. The van der Waals surface area contributed by atoms with Gasteiger partial charge in [-0.3, -0.25) is 14.4 Å². The minimum absolute atomic E-state index is 0.105. The number of ketones is 1. The molecular weight excluding hydrogens is 596 g/mol. The summed E-state index contributed by atoms with van der Waals surface area (Å²) < 4.78 is 0. The fourth-order valence-corrected chi connectivity index (χ4v) is 4.74. The van der Waals surface area contributed by atoms with E-state index in [4.69, 9.17) is 11.5 Å². The van der Waals surface area contributed by atoms with Crippen LogP contribution in [0.3, 0.4) is 0 Å². The molecule has 0 radical (unpaired) electrons. The summed E-state index contributed by atoms with van der Waals surface area (Å²) in [4.78, 5) is 88.9. The van der Waals surface area contributed by atoms with Crippen molar-refractivity contribution in [2.75, 3.05) is 0 Å². The molecule has 0 bridgehead atoms. The first kappa shape index (κ1) is 32.3. The summed E-state index contributed by atoms with van der Waals surface area (Å²) in [5.41, 5.74) is 11.1. The molecule has 0 aromatic heterocycles. The summed E-state index contributed by atoms with van der Waals surface area (Å²) in [6.07, 6.45) is 0. The molecule has 0 aliphatic rings. The summed E-state index contributed by atoms with van der Waals surface area (Å²) in [6.45, 7) is 0. The predicted molar refractivity (Wildman–Crippen MR) is 161 cm³/mol. The van der Waals surface area contributed by atoms with Crippen LogP contribution in [0.1, 0.15) is 59.8 Å². The number of hydrogen-bond donors (Lipinski definition) is 4. The lowest BCUT2D eigenvalue weighted by Gasteiger charge is -2.26. The van der Waals surface area contributed by atoms with Gasteiger partial charge >= 0.3 is 24.0 Å². The van der Waals surface area contributed by atoms with E-state index in [1.807, 2.05) is 0 Å². The Balaban J connectivity index is 1.55. The van der Waals surface area contributed by atoms with Gasteiger partial charge in [0, 0.05) is 22.3 Å². The molecule has 232 valence electrons. The number of primary amides is 2. The molecule has 4 aromatic rings. The molecule has 0 saturated carbocycles. The Hall–Kier alpha value is -6.63. The van der Waals surface area contributed by atoms with Gasteiger partial charge in [0.2, 0.25) is 0 Å². The van der Waals surface area contributed by atoms with Gasteiger partial charge in [0.15, 0.2) is 17.9 Å². The maximum Gasteiger partial charge on any atom is 0.331 e. The second-order valence-corrected chi connectivity index (χ2v) is 9.81. The quantitative estimate of drug-likeness (QED) is 0.190. The third kappa shape index (κ3) is 6.78. The van der Waals surface area contributed by atoms with E-state index in [1.54, 1.807) is 36.4 Å². The number of imide groups is 2. The first-order chi connectivity index (χ1) is 21.9. The molecule has 4 aromatic carbocycles. The van der Waals surface area contributed by atoms with Crippen LogP contribution in [0.5, 0.6) is 0 Å². The average molecular weight is 623 g/mol. The van der Waals surface area contributed by atoms with Crippen molar-refractivity contribution in [3.63, 3.8) is 0 Å². The summed E-state index contributed by atoms with van der Waals surface area (Å²) in [5.74, 6) is -5.49. The third-order valence-corrected chi connectivity index (χ3v) is 6.92. The maximum absolute atomic E-state index is 13.2. The number of nitrogens with zero attached hydrogens (tertiary/aromatic N) is 2. The van der Waals surface area contributed by atoms with E-state index in [2.05, 4.69) is 0 Å². The van der Waals surface area contributed by atoms with E-state index in [1.165, 1.54) is 72.8 Å². The van der Waals surface area contributed by atoms with Crippen LogP contribution in [-0.4, -0.2) is 61.6 Å². The van der Waals surface area contributed by atoms with Crippen LogP contribution in [0, 0.1) is 0 Å². The van der Waals surface area contributed by atoms with Crippen molar-refractivity contribution in [2.24, 2.45) is 11.5 Å².